The summed E-state index contributed by atoms with van der Waals surface area (Å²) in [6.07, 6.45) is 6.69. The summed E-state index contributed by atoms with van der Waals surface area (Å²) < 4.78 is 0. The molecule has 0 amide bonds. The molecule has 1 saturated carbocycles. The van der Waals surface area contributed by atoms with E-state index in [1.165, 1.54) is 44.6 Å². The Kier molecular flexibility index (Phi) is 2.97. The highest BCUT2D eigenvalue weighted by Crippen LogP contribution is 2.31. The molecule has 1 aliphatic heterocycles. The average Bonchev–Trinajstić information content (AvgIpc) is 2.74. The van der Waals surface area contributed by atoms with E-state index in [1.807, 2.05) is 11.8 Å². The standard InChI is InChI=1S/C10H19NS/c1-12-8-10-4-5-11(7-10)6-9-2-3-9/h9-10H,2-8H2,1H3. The van der Waals surface area contributed by atoms with Crippen LogP contribution >= 0.6 is 11.8 Å². The Morgan fingerprint density at radius 3 is 2.75 bits per heavy atom. The minimum atomic E-state index is 0.999. The van der Waals surface area contributed by atoms with E-state index in [9.17, 15) is 0 Å². The van der Waals surface area contributed by atoms with E-state index in [2.05, 4.69) is 11.2 Å². The Labute approximate surface area is 79.9 Å². The van der Waals surface area contributed by atoms with Gasteiger partial charge in [-0.15, -0.1) is 0 Å². The van der Waals surface area contributed by atoms with Crippen molar-refractivity contribution in [2.75, 3.05) is 31.6 Å². The molecular formula is C10H19NS. The summed E-state index contributed by atoms with van der Waals surface area (Å²) in [4.78, 5) is 2.68. The molecule has 1 heterocycles. The Hall–Kier alpha value is 0.310. The molecule has 2 fully saturated rings. The number of likely N-dealkylation sites (tertiary alicyclic amines) is 1. The minimum Gasteiger partial charge on any atom is -0.303 e. The van der Waals surface area contributed by atoms with Gasteiger partial charge < -0.3 is 4.90 Å². The maximum atomic E-state index is 2.68. The van der Waals surface area contributed by atoms with Crippen molar-refractivity contribution in [3.05, 3.63) is 0 Å². The molecular weight excluding hydrogens is 166 g/mol. The third-order valence-corrected chi connectivity index (χ3v) is 3.79. The van der Waals surface area contributed by atoms with Crippen molar-refractivity contribution in [1.29, 1.82) is 0 Å². The second kappa shape index (κ2) is 4.01. The first-order valence-electron chi connectivity index (χ1n) is 5.10. The Morgan fingerprint density at radius 2 is 2.08 bits per heavy atom. The molecule has 0 aromatic rings. The van der Waals surface area contributed by atoms with Crippen molar-refractivity contribution in [1.82, 2.24) is 4.90 Å². The normalized spacial score (nSPS) is 31.2. The summed E-state index contributed by atoms with van der Waals surface area (Å²) in [5.74, 6) is 3.46. The lowest BCUT2D eigenvalue weighted by Gasteiger charge is -2.14. The van der Waals surface area contributed by atoms with Gasteiger partial charge in [-0.1, -0.05) is 0 Å². The Morgan fingerprint density at radius 1 is 1.25 bits per heavy atom. The van der Waals surface area contributed by atoms with Gasteiger partial charge in [0, 0.05) is 13.1 Å². The fourth-order valence-corrected chi connectivity index (χ4v) is 2.86. The third-order valence-electron chi connectivity index (χ3n) is 2.99. The Bertz CT molecular complexity index is 145. The number of hydrogen-bond donors (Lipinski definition) is 0. The average molecular weight is 185 g/mol. The molecule has 0 bridgehead atoms. The fraction of sp³-hybridized carbons (Fsp3) is 1.00. The van der Waals surface area contributed by atoms with Crippen molar-refractivity contribution in [3.63, 3.8) is 0 Å². The van der Waals surface area contributed by atoms with Gasteiger partial charge in [0.25, 0.3) is 0 Å². The van der Waals surface area contributed by atoms with Crippen molar-refractivity contribution in [2.24, 2.45) is 11.8 Å². The number of rotatable bonds is 4. The summed E-state index contributed by atoms with van der Waals surface area (Å²) in [7, 11) is 0. The zero-order valence-corrected chi connectivity index (χ0v) is 8.78. The molecule has 1 unspecified atom stereocenters. The van der Waals surface area contributed by atoms with E-state index >= 15 is 0 Å². The Balaban J connectivity index is 1.66. The van der Waals surface area contributed by atoms with Crippen LogP contribution in [0.2, 0.25) is 0 Å². The van der Waals surface area contributed by atoms with Crippen LogP contribution in [0.1, 0.15) is 19.3 Å². The van der Waals surface area contributed by atoms with Gasteiger partial charge in [-0.05, 0) is 49.7 Å². The van der Waals surface area contributed by atoms with Crippen molar-refractivity contribution in [3.8, 4) is 0 Å². The summed E-state index contributed by atoms with van der Waals surface area (Å²) in [6, 6.07) is 0. The van der Waals surface area contributed by atoms with Crippen LogP contribution in [-0.4, -0.2) is 36.5 Å². The van der Waals surface area contributed by atoms with Crippen LogP contribution in [0.15, 0.2) is 0 Å². The largest absolute Gasteiger partial charge is 0.303 e. The van der Waals surface area contributed by atoms with Crippen LogP contribution in [0.3, 0.4) is 0 Å². The minimum absolute atomic E-state index is 0.999. The van der Waals surface area contributed by atoms with Gasteiger partial charge in [0.15, 0.2) is 0 Å². The lowest BCUT2D eigenvalue weighted by Crippen LogP contribution is -2.23. The van der Waals surface area contributed by atoms with Gasteiger partial charge in [0.2, 0.25) is 0 Å². The van der Waals surface area contributed by atoms with Crippen molar-refractivity contribution in [2.45, 2.75) is 19.3 Å². The zero-order chi connectivity index (χ0) is 8.39. The molecule has 2 rings (SSSR count). The van der Waals surface area contributed by atoms with Crippen molar-refractivity contribution >= 4 is 11.8 Å². The summed E-state index contributed by atoms with van der Waals surface area (Å²) in [5, 5.41) is 0. The number of nitrogens with zero attached hydrogens (tertiary/aromatic N) is 1. The second-order valence-corrected chi connectivity index (χ2v) is 5.22. The molecule has 1 saturated heterocycles. The first-order chi connectivity index (χ1) is 5.88. The maximum absolute atomic E-state index is 2.68. The van der Waals surface area contributed by atoms with Gasteiger partial charge in [-0.2, -0.15) is 11.8 Å². The number of hydrogen-bond acceptors (Lipinski definition) is 2. The van der Waals surface area contributed by atoms with Crippen molar-refractivity contribution < 1.29 is 0 Å². The van der Waals surface area contributed by atoms with E-state index in [4.69, 9.17) is 0 Å². The molecule has 2 aliphatic rings. The smallest absolute Gasteiger partial charge is 0.00181 e. The molecule has 0 radical (unpaired) electrons. The summed E-state index contributed by atoms with van der Waals surface area (Å²) in [6.45, 7) is 4.17. The van der Waals surface area contributed by atoms with Crippen LogP contribution in [0.5, 0.6) is 0 Å². The van der Waals surface area contributed by atoms with Gasteiger partial charge >= 0.3 is 0 Å². The van der Waals surface area contributed by atoms with Crippen LogP contribution < -0.4 is 0 Å². The summed E-state index contributed by atoms with van der Waals surface area (Å²) >= 11 is 2.01. The molecule has 12 heavy (non-hydrogen) atoms. The molecule has 1 nitrogen and oxygen atoms in total. The fourth-order valence-electron chi connectivity index (χ4n) is 2.12. The second-order valence-electron chi connectivity index (χ2n) is 4.31. The molecule has 1 aliphatic carbocycles. The van der Waals surface area contributed by atoms with Crippen LogP contribution in [0, 0.1) is 11.8 Å². The lowest BCUT2D eigenvalue weighted by atomic mass is 10.2. The highest BCUT2D eigenvalue weighted by atomic mass is 32.2. The quantitative estimate of drug-likeness (QED) is 0.660. The summed E-state index contributed by atoms with van der Waals surface area (Å²) in [5.41, 5.74) is 0. The first-order valence-corrected chi connectivity index (χ1v) is 6.49. The van der Waals surface area contributed by atoms with E-state index in [0.29, 0.717) is 0 Å². The molecule has 2 heteroatoms. The van der Waals surface area contributed by atoms with Gasteiger partial charge in [0.05, 0.1) is 0 Å². The van der Waals surface area contributed by atoms with Crippen LogP contribution in [-0.2, 0) is 0 Å². The highest BCUT2D eigenvalue weighted by molar-refractivity contribution is 7.98. The molecule has 70 valence electrons. The van der Waals surface area contributed by atoms with Gasteiger partial charge in [-0.25, -0.2) is 0 Å². The molecule has 0 aromatic carbocycles. The van der Waals surface area contributed by atoms with Gasteiger partial charge in [-0.3, -0.25) is 0 Å². The van der Waals surface area contributed by atoms with Crippen LogP contribution in [0.25, 0.3) is 0 Å². The van der Waals surface area contributed by atoms with E-state index in [0.717, 1.165) is 11.8 Å². The predicted octanol–water partition coefficient (Wildman–Crippen LogP) is 2.08. The number of thioether (sulfide) groups is 1. The maximum Gasteiger partial charge on any atom is 0.00181 e. The lowest BCUT2D eigenvalue weighted by molar-refractivity contribution is 0.315. The molecule has 0 spiro atoms. The zero-order valence-electron chi connectivity index (χ0n) is 7.96. The molecule has 1 atom stereocenters. The van der Waals surface area contributed by atoms with Gasteiger partial charge in [0.1, 0.15) is 0 Å². The highest BCUT2D eigenvalue weighted by Gasteiger charge is 2.28. The topological polar surface area (TPSA) is 3.24 Å². The SMILES string of the molecule is CSCC1CCN(CC2CC2)C1. The molecule has 0 aromatic heterocycles. The first kappa shape index (κ1) is 8.89. The van der Waals surface area contributed by atoms with E-state index in [-0.39, 0.29) is 0 Å². The van der Waals surface area contributed by atoms with Crippen LogP contribution in [0.4, 0.5) is 0 Å². The van der Waals surface area contributed by atoms with E-state index in [1.54, 1.807) is 0 Å². The van der Waals surface area contributed by atoms with E-state index < -0.39 is 0 Å². The third kappa shape index (κ3) is 2.40. The molecule has 0 N–H and O–H groups in total. The monoisotopic (exact) mass is 185 g/mol. The predicted molar refractivity (Wildman–Crippen MR) is 55.7 cm³/mol.